The molecule has 2 aromatic heterocycles. The summed E-state index contributed by atoms with van der Waals surface area (Å²) < 4.78 is 5.46. The molecule has 27 heavy (non-hydrogen) atoms. The van der Waals surface area contributed by atoms with Gasteiger partial charge < -0.3 is 9.63 Å². The van der Waals surface area contributed by atoms with Gasteiger partial charge in [-0.05, 0) is 57.4 Å². The Morgan fingerprint density at radius 2 is 1.96 bits per heavy atom. The zero-order valence-electron chi connectivity index (χ0n) is 15.3. The minimum atomic E-state index is -0.803. The van der Waals surface area contributed by atoms with Crippen molar-refractivity contribution in [2.75, 3.05) is 0 Å². The van der Waals surface area contributed by atoms with Crippen molar-refractivity contribution in [1.82, 2.24) is 10.1 Å². The maximum atomic E-state index is 13.3. The van der Waals surface area contributed by atoms with Crippen molar-refractivity contribution in [2.24, 2.45) is 10.8 Å². The van der Waals surface area contributed by atoms with E-state index in [1.54, 1.807) is 18.3 Å². The number of hydrogen-bond donors (Lipinski definition) is 1. The Labute approximate surface area is 161 Å². The zero-order chi connectivity index (χ0) is 18.8. The van der Waals surface area contributed by atoms with Crippen molar-refractivity contribution in [2.45, 2.75) is 64.7 Å². The number of hydrogen-bond acceptors (Lipinski definition) is 6. The molecule has 0 radical (unpaired) electrons. The summed E-state index contributed by atoms with van der Waals surface area (Å²) in [6.45, 7) is 1.79. The van der Waals surface area contributed by atoms with E-state index in [1.807, 2.05) is 0 Å². The van der Waals surface area contributed by atoms with Crippen molar-refractivity contribution < 1.29 is 19.2 Å². The normalized spacial score (nSPS) is 28.6. The molecule has 0 saturated heterocycles. The molecule has 0 aliphatic heterocycles. The smallest absolute Gasteiger partial charge is 0.310 e. The number of Topliss-reactive ketones (excluding diaryl/α,β-unsaturated/α-hetero) is 1. The van der Waals surface area contributed by atoms with E-state index in [9.17, 15) is 14.7 Å². The number of fused-ring (bicyclic) bond motifs is 2. The van der Waals surface area contributed by atoms with Crippen LogP contribution in [0.2, 0.25) is 0 Å². The molecular formula is C20H22N2O4S. The third kappa shape index (κ3) is 2.30. The molecule has 2 aromatic rings. The molecule has 5 rings (SSSR count). The van der Waals surface area contributed by atoms with Crippen LogP contribution in [0.1, 0.15) is 59.7 Å². The standard InChI is InChI=1S/C20H22N2O4S/c1-11-21-17(26-22-11)16-12-5-2-3-6-13(12)27-14(16)9-15(23)19-7-4-8-20(19,10-19)18(24)25/h2-10H2,1H3,(H,24,25)/t19-,20+/m0/s1. The second kappa shape index (κ2) is 5.74. The first-order valence-electron chi connectivity index (χ1n) is 9.68. The van der Waals surface area contributed by atoms with Crippen LogP contribution in [-0.4, -0.2) is 27.0 Å². The van der Waals surface area contributed by atoms with Crippen LogP contribution in [0.25, 0.3) is 11.5 Å². The highest BCUT2D eigenvalue weighted by Gasteiger charge is 2.77. The Bertz CT molecular complexity index is 961. The van der Waals surface area contributed by atoms with Gasteiger partial charge in [-0.3, -0.25) is 9.59 Å². The number of carboxylic acid groups (broad SMARTS) is 1. The maximum absolute atomic E-state index is 13.3. The van der Waals surface area contributed by atoms with Crippen molar-refractivity contribution in [3.63, 3.8) is 0 Å². The van der Waals surface area contributed by atoms with E-state index >= 15 is 0 Å². The van der Waals surface area contributed by atoms with Gasteiger partial charge in [0, 0.05) is 21.6 Å². The van der Waals surface area contributed by atoms with Crippen molar-refractivity contribution in [3.05, 3.63) is 21.1 Å². The molecule has 3 aliphatic rings. The lowest BCUT2D eigenvalue weighted by Gasteiger charge is -2.14. The van der Waals surface area contributed by atoms with Gasteiger partial charge in [0.1, 0.15) is 5.78 Å². The molecule has 0 aromatic carbocycles. The Morgan fingerprint density at radius 1 is 1.19 bits per heavy atom. The van der Waals surface area contributed by atoms with Crippen LogP contribution in [0.5, 0.6) is 0 Å². The molecule has 0 amide bonds. The summed E-state index contributed by atoms with van der Waals surface area (Å²) in [5.41, 5.74) is 0.745. The minimum absolute atomic E-state index is 0.0819. The van der Waals surface area contributed by atoms with Gasteiger partial charge in [-0.25, -0.2) is 0 Å². The van der Waals surface area contributed by atoms with E-state index in [0.717, 1.165) is 42.5 Å². The molecule has 6 nitrogen and oxygen atoms in total. The largest absolute Gasteiger partial charge is 0.481 e. The van der Waals surface area contributed by atoms with Crippen LogP contribution in [0.4, 0.5) is 0 Å². The molecule has 0 spiro atoms. The lowest BCUT2D eigenvalue weighted by molar-refractivity contribution is -0.146. The summed E-state index contributed by atoms with van der Waals surface area (Å²) in [5, 5.41) is 13.6. The van der Waals surface area contributed by atoms with Crippen molar-refractivity contribution >= 4 is 23.1 Å². The molecule has 7 heteroatoms. The predicted octanol–water partition coefficient (Wildman–Crippen LogP) is 3.74. The van der Waals surface area contributed by atoms with E-state index < -0.39 is 16.8 Å². The first kappa shape index (κ1) is 17.1. The molecule has 1 N–H and O–H groups in total. The highest BCUT2D eigenvalue weighted by molar-refractivity contribution is 7.12. The molecule has 2 atom stereocenters. The summed E-state index contributed by atoms with van der Waals surface area (Å²) in [5.74, 6) is 0.364. The third-order valence-corrected chi connectivity index (χ3v) is 8.14. The molecule has 0 unspecified atom stereocenters. The monoisotopic (exact) mass is 386 g/mol. The highest BCUT2D eigenvalue weighted by atomic mass is 32.1. The number of carboxylic acids is 1. The van der Waals surface area contributed by atoms with E-state index in [1.165, 1.54) is 10.4 Å². The van der Waals surface area contributed by atoms with Gasteiger partial charge in [-0.15, -0.1) is 11.3 Å². The molecular weight excluding hydrogens is 364 g/mol. The molecule has 0 bridgehead atoms. The SMILES string of the molecule is Cc1noc(-c2c(CC(=O)[C@@]34CCC[C@]3(C(=O)O)C4)sc3c2CCCC3)n1. The van der Waals surface area contributed by atoms with Gasteiger partial charge in [0.05, 0.1) is 11.0 Å². The quantitative estimate of drug-likeness (QED) is 0.841. The van der Waals surface area contributed by atoms with Crippen LogP contribution < -0.4 is 0 Å². The lowest BCUT2D eigenvalue weighted by Crippen LogP contribution is -2.26. The second-order valence-electron chi connectivity index (χ2n) is 8.26. The van der Waals surface area contributed by atoms with Gasteiger partial charge in [0.25, 0.3) is 5.89 Å². The lowest BCUT2D eigenvalue weighted by atomic mass is 9.88. The third-order valence-electron chi connectivity index (χ3n) is 6.85. The van der Waals surface area contributed by atoms with Gasteiger partial charge >= 0.3 is 5.97 Å². The van der Waals surface area contributed by atoms with Gasteiger partial charge in [0.15, 0.2) is 5.82 Å². The number of carbonyl (C=O) groups excluding carboxylic acids is 1. The number of aromatic nitrogens is 2. The fourth-order valence-corrected chi connectivity index (χ4v) is 6.81. The van der Waals surface area contributed by atoms with Crippen LogP contribution in [0.15, 0.2) is 4.52 Å². The Balaban J connectivity index is 1.52. The van der Waals surface area contributed by atoms with Gasteiger partial charge in [-0.2, -0.15) is 4.98 Å². The average molecular weight is 386 g/mol. The van der Waals surface area contributed by atoms with Crippen LogP contribution in [0, 0.1) is 17.8 Å². The summed E-state index contributed by atoms with van der Waals surface area (Å²) in [4.78, 5) is 31.8. The number of thiophene rings is 1. The number of aryl methyl sites for hydroxylation is 2. The summed E-state index contributed by atoms with van der Waals surface area (Å²) in [6.07, 6.45) is 7.24. The number of aliphatic carboxylic acids is 1. The molecule has 142 valence electrons. The number of nitrogens with zero attached hydrogens (tertiary/aromatic N) is 2. The second-order valence-corrected chi connectivity index (χ2v) is 9.45. The molecule has 3 aliphatic carbocycles. The molecule has 2 saturated carbocycles. The maximum Gasteiger partial charge on any atom is 0.310 e. The Morgan fingerprint density at radius 3 is 2.67 bits per heavy atom. The Kier molecular flexibility index (Phi) is 3.63. The number of rotatable bonds is 5. The fourth-order valence-electron chi connectivity index (χ4n) is 5.42. The topological polar surface area (TPSA) is 93.3 Å². The predicted molar refractivity (Wildman–Crippen MR) is 98.7 cm³/mol. The van der Waals surface area contributed by atoms with E-state index in [4.69, 9.17) is 4.52 Å². The Hall–Kier alpha value is -2.02. The first-order valence-corrected chi connectivity index (χ1v) is 10.5. The first-order chi connectivity index (χ1) is 13.0. The molecule has 2 fully saturated rings. The van der Waals surface area contributed by atoms with Gasteiger partial charge in [0.2, 0.25) is 0 Å². The van der Waals surface area contributed by atoms with Crippen molar-refractivity contribution in [1.29, 1.82) is 0 Å². The average Bonchev–Trinajstić information content (AvgIpc) is 2.98. The summed E-state index contributed by atoms with van der Waals surface area (Å²) >= 11 is 1.68. The van der Waals surface area contributed by atoms with E-state index in [-0.39, 0.29) is 12.2 Å². The number of carbonyl (C=O) groups is 2. The number of ketones is 1. The zero-order valence-corrected chi connectivity index (χ0v) is 16.2. The van der Waals surface area contributed by atoms with Gasteiger partial charge in [-0.1, -0.05) is 11.6 Å². The van der Waals surface area contributed by atoms with Crippen molar-refractivity contribution in [3.8, 4) is 11.5 Å². The highest BCUT2D eigenvalue weighted by Crippen LogP contribution is 2.74. The van der Waals surface area contributed by atoms with E-state index in [2.05, 4.69) is 10.1 Å². The summed E-state index contributed by atoms with van der Waals surface area (Å²) in [6, 6.07) is 0. The molecule has 2 heterocycles. The van der Waals surface area contributed by atoms with E-state index in [0.29, 0.717) is 31.0 Å². The minimum Gasteiger partial charge on any atom is -0.481 e. The van der Waals surface area contributed by atoms with Crippen LogP contribution >= 0.6 is 11.3 Å². The van der Waals surface area contributed by atoms with Crippen LogP contribution in [0.3, 0.4) is 0 Å². The summed E-state index contributed by atoms with van der Waals surface area (Å²) in [7, 11) is 0. The van der Waals surface area contributed by atoms with Crippen LogP contribution in [-0.2, 0) is 28.9 Å². The fraction of sp³-hybridized carbons (Fsp3) is 0.600.